The number of ether oxygens (including phenoxy) is 3. The first kappa shape index (κ1) is 21.7. The molecule has 1 N–H and O–H groups in total. The van der Waals surface area contributed by atoms with Gasteiger partial charge in [0.05, 0.1) is 44.8 Å². The number of pyridine rings is 1. The van der Waals surface area contributed by atoms with Crippen molar-refractivity contribution in [3.8, 4) is 11.4 Å². The summed E-state index contributed by atoms with van der Waals surface area (Å²) >= 11 is 0. The minimum absolute atomic E-state index is 0.245. The van der Waals surface area contributed by atoms with Gasteiger partial charge in [-0.15, -0.1) is 0 Å². The number of morpholine rings is 1. The number of nitrogens with one attached hydrogen (secondary N) is 1. The molecule has 0 aromatic carbocycles. The standard InChI is InChI=1S/C23H31N5O3/c1-16-14-30-10-9-28(16)20-13-19(23(2,3)15-31-12-11-29-4)26-22(27-20)18-6-8-25-21-17(18)5-7-24-21/h5-8,13,16H,9-12,14-15H2,1-4H3,(H,24,25). The van der Waals surface area contributed by atoms with E-state index < -0.39 is 0 Å². The van der Waals surface area contributed by atoms with Crippen LogP contribution in [0.1, 0.15) is 26.5 Å². The maximum Gasteiger partial charge on any atom is 0.162 e. The summed E-state index contributed by atoms with van der Waals surface area (Å²) in [6, 6.07) is 6.34. The molecule has 166 valence electrons. The molecule has 1 unspecified atom stereocenters. The van der Waals surface area contributed by atoms with Crippen LogP contribution in [0.15, 0.2) is 30.6 Å². The predicted molar refractivity (Wildman–Crippen MR) is 120 cm³/mol. The number of rotatable bonds is 8. The van der Waals surface area contributed by atoms with Gasteiger partial charge in [-0.2, -0.15) is 0 Å². The fraction of sp³-hybridized carbons (Fsp3) is 0.522. The van der Waals surface area contributed by atoms with E-state index in [2.05, 4.69) is 41.7 Å². The van der Waals surface area contributed by atoms with E-state index in [0.717, 1.165) is 34.7 Å². The molecule has 0 spiro atoms. The number of hydrogen-bond donors (Lipinski definition) is 1. The third-order valence-corrected chi connectivity index (χ3v) is 5.66. The predicted octanol–water partition coefficient (Wildman–Crippen LogP) is 3.19. The Bertz CT molecular complexity index is 1020. The van der Waals surface area contributed by atoms with Crippen molar-refractivity contribution in [2.24, 2.45) is 0 Å². The molecule has 3 aromatic heterocycles. The molecule has 8 nitrogen and oxygen atoms in total. The summed E-state index contributed by atoms with van der Waals surface area (Å²) in [5.41, 5.74) is 2.45. The highest BCUT2D eigenvalue weighted by Gasteiger charge is 2.28. The van der Waals surface area contributed by atoms with Gasteiger partial charge in [-0.3, -0.25) is 0 Å². The Labute approximate surface area is 183 Å². The molecular formula is C23H31N5O3. The summed E-state index contributed by atoms with van der Waals surface area (Å²) in [6.45, 7) is 10.3. The lowest BCUT2D eigenvalue weighted by Crippen LogP contribution is -2.44. The average molecular weight is 426 g/mol. The Hall–Kier alpha value is -2.55. The molecule has 1 fully saturated rings. The third kappa shape index (κ3) is 4.71. The molecule has 1 atom stereocenters. The van der Waals surface area contributed by atoms with Crippen molar-refractivity contribution in [1.82, 2.24) is 19.9 Å². The van der Waals surface area contributed by atoms with Crippen molar-refractivity contribution >= 4 is 16.9 Å². The van der Waals surface area contributed by atoms with Crippen LogP contribution in [-0.4, -0.2) is 72.7 Å². The molecule has 3 aromatic rings. The van der Waals surface area contributed by atoms with Crippen LogP contribution in [0, 0.1) is 0 Å². The third-order valence-electron chi connectivity index (χ3n) is 5.66. The fourth-order valence-corrected chi connectivity index (χ4v) is 3.82. The smallest absolute Gasteiger partial charge is 0.162 e. The van der Waals surface area contributed by atoms with Crippen LogP contribution >= 0.6 is 0 Å². The molecule has 0 bridgehead atoms. The normalized spacial score (nSPS) is 17.4. The van der Waals surface area contributed by atoms with E-state index in [0.29, 0.717) is 38.9 Å². The van der Waals surface area contributed by atoms with Gasteiger partial charge in [0.1, 0.15) is 11.5 Å². The molecule has 8 heteroatoms. The second-order valence-corrected chi connectivity index (χ2v) is 8.58. The Morgan fingerprint density at radius 3 is 2.94 bits per heavy atom. The van der Waals surface area contributed by atoms with Crippen LogP contribution in [0.25, 0.3) is 22.4 Å². The van der Waals surface area contributed by atoms with Crippen LogP contribution in [0.4, 0.5) is 5.82 Å². The number of aromatic nitrogens is 4. The Kier molecular flexibility index (Phi) is 6.50. The number of H-pyrrole nitrogens is 1. The lowest BCUT2D eigenvalue weighted by atomic mass is 9.89. The van der Waals surface area contributed by atoms with E-state index in [-0.39, 0.29) is 11.5 Å². The van der Waals surface area contributed by atoms with Gasteiger partial charge in [0.25, 0.3) is 0 Å². The van der Waals surface area contributed by atoms with Crippen molar-refractivity contribution in [3.63, 3.8) is 0 Å². The fourth-order valence-electron chi connectivity index (χ4n) is 3.82. The lowest BCUT2D eigenvalue weighted by Gasteiger charge is -2.35. The van der Waals surface area contributed by atoms with Gasteiger partial charge < -0.3 is 24.1 Å². The van der Waals surface area contributed by atoms with Crippen LogP contribution in [0.5, 0.6) is 0 Å². The molecule has 4 rings (SSSR count). The summed E-state index contributed by atoms with van der Waals surface area (Å²) in [5, 5.41) is 1.01. The van der Waals surface area contributed by atoms with Gasteiger partial charge in [-0.25, -0.2) is 15.0 Å². The molecular weight excluding hydrogens is 394 g/mol. The van der Waals surface area contributed by atoms with Crippen molar-refractivity contribution in [1.29, 1.82) is 0 Å². The maximum atomic E-state index is 5.87. The molecule has 0 amide bonds. The minimum Gasteiger partial charge on any atom is -0.382 e. The zero-order valence-electron chi connectivity index (χ0n) is 18.7. The summed E-state index contributed by atoms with van der Waals surface area (Å²) < 4.78 is 16.6. The van der Waals surface area contributed by atoms with Gasteiger partial charge in [0.2, 0.25) is 0 Å². The summed E-state index contributed by atoms with van der Waals surface area (Å²) in [7, 11) is 1.68. The highest BCUT2D eigenvalue weighted by atomic mass is 16.5. The molecule has 1 aliphatic rings. The highest BCUT2D eigenvalue weighted by Crippen LogP contribution is 2.31. The lowest BCUT2D eigenvalue weighted by molar-refractivity contribution is 0.0476. The quantitative estimate of drug-likeness (QED) is 0.555. The number of hydrogen-bond acceptors (Lipinski definition) is 7. The monoisotopic (exact) mass is 425 g/mol. The Balaban J connectivity index is 1.76. The maximum absolute atomic E-state index is 5.87. The Morgan fingerprint density at radius 1 is 1.26 bits per heavy atom. The summed E-state index contributed by atoms with van der Waals surface area (Å²) in [4.78, 5) is 19.9. The van der Waals surface area contributed by atoms with Crippen LogP contribution < -0.4 is 4.90 Å². The molecule has 1 aliphatic heterocycles. The minimum atomic E-state index is -0.292. The number of anilines is 1. The second kappa shape index (κ2) is 9.30. The molecule has 4 heterocycles. The Morgan fingerprint density at radius 2 is 2.13 bits per heavy atom. The molecule has 0 aliphatic carbocycles. The van der Waals surface area contributed by atoms with Crippen LogP contribution in [-0.2, 0) is 19.6 Å². The van der Waals surface area contributed by atoms with E-state index in [4.69, 9.17) is 24.2 Å². The van der Waals surface area contributed by atoms with Crippen molar-refractivity contribution in [2.75, 3.05) is 51.6 Å². The van der Waals surface area contributed by atoms with E-state index in [9.17, 15) is 0 Å². The molecule has 1 saturated heterocycles. The second-order valence-electron chi connectivity index (χ2n) is 8.58. The zero-order chi connectivity index (χ0) is 21.8. The number of aromatic amines is 1. The zero-order valence-corrected chi connectivity index (χ0v) is 18.7. The van der Waals surface area contributed by atoms with Crippen molar-refractivity contribution in [3.05, 3.63) is 36.3 Å². The van der Waals surface area contributed by atoms with Crippen LogP contribution in [0.2, 0.25) is 0 Å². The molecule has 31 heavy (non-hydrogen) atoms. The van der Waals surface area contributed by atoms with Gasteiger partial charge in [-0.1, -0.05) is 13.8 Å². The molecule has 0 radical (unpaired) electrons. The van der Waals surface area contributed by atoms with Gasteiger partial charge in [0.15, 0.2) is 5.82 Å². The van der Waals surface area contributed by atoms with Crippen molar-refractivity contribution in [2.45, 2.75) is 32.2 Å². The summed E-state index contributed by atoms with van der Waals surface area (Å²) in [6.07, 6.45) is 3.68. The highest BCUT2D eigenvalue weighted by molar-refractivity contribution is 5.91. The SMILES string of the molecule is COCCOCC(C)(C)c1cc(N2CCOCC2C)nc(-c2ccnc3[nH]ccc23)n1. The van der Waals surface area contributed by atoms with Gasteiger partial charge >= 0.3 is 0 Å². The van der Waals surface area contributed by atoms with E-state index in [1.807, 2.05) is 18.3 Å². The first-order valence-corrected chi connectivity index (χ1v) is 10.7. The summed E-state index contributed by atoms with van der Waals surface area (Å²) in [5.74, 6) is 1.62. The van der Waals surface area contributed by atoms with E-state index in [1.165, 1.54) is 0 Å². The first-order chi connectivity index (χ1) is 15.0. The molecule has 0 saturated carbocycles. The van der Waals surface area contributed by atoms with Crippen LogP contribution in [0.3, 0.4) is 0 Å². The van der Waals surface area contributed by atoms with E-state index in [1.54, 1.807) is 13.3 Å². The average Bonchev–Trinajstić information content (AvgIpc) is 3.26. The number of fused-ring (bicyclic) bond motifs is 1. The van der Waals surface area contributed by atoms with Gasteiger partial charge in [0, 0.05) is 48.5 Å². The number of methoxy groups -OCH3 is 1. The van der Waals surface area contributed by atoms with Gasteiger partial charge in [-0.05, 0) is 19.1 Å². The van der Waals surface area contributed by atoms with Crippen molar-refractivity contribution < 1.29 is 14.2 Å². The topological polar surface area (TPSA) is 85.4 Å². The van der Waals surface area contributed by atoms with E-state index >= 15 is 0 Å². The largest absolute Gasteiger partial charge is 0.382 e. The first-order valence-electron chi connectivity index (χ1n) is 10.7. The number of nitrogens with zero attached hydrogens (tertiary/aromatic N) is 4.